The quantitative estimate of drug-likeness (QED) is 0.641. The molecule has 17 heavy (non-hydrogen) atoms. The zero-order valence-corrected chi connectivity index (χ0v) is 10.5. The van der Waals surface area contributed by atoms with Crippen molar-refractivity contribution in [1.29, 1.82) is 0 Å². The number of hydrogen-bond donors (Lipinski definition) is 2. The maximum Gasteiger partial charge on any atom is 0.208 e. The second kappa shape index (κ2) is 5.09. The second-order valence-corrected chi connectivity index (χ2v) is 4.55. The minimum absolute atomic E-state index is 0.700. The summed E-state index contributed by atoms with van der Waals surface area (Å²) in [4.78, 5) is 4.22. The lowest BCUT2D eigenvalue weighted by Gasteiger charge is -2.05. The Morgan fingerprint density at radius 1 is 1.41 bits per heavy atom. The van der Waals surface area contributed by atoms with Crippen LogP contribution >= 0.6 is 11.8 Å². The predicted molar refractivity (Wildman–Crippen MR) is 68.1 cm³/mol. The summed E-state index contributed by atoms with van der Waals surface area (Å²) in [6, 6.07) is 5.68. The highest BCUT2D eigenvalue weighted by molar-refractivity contribution is 7.98. The van der Waals surface area contributed by atoms with Gasteiger partial charge in [-0.2, -0.15) is 0 Å². The van der Waals surface area contributed by atoms with Crippen molar-refractivity contribution in [3.05, 3.63) is 29.6 Å². The number of aromatic nitrogens is 3. The van der Waals surface area contributed by atoms with Gasteiger partial charge >= 0.3 is 0 Å². The number of aromatic amines is 1. The zero-order chi connectivity index (χ0) is 12.3. The summed E-state index contributed by atoms with van der Waals surface area (Å²) in [6.07, 6.45) is 0. The molecule has 2 aromatic rings. The Labute approximate surface area is 104 Å². The molecule has 0 saturated heterocycles. The van der Waals surface area contributed by atoms with Crippen LogP contribution in [0.3, 0.4) is 0 Å². The van der Waals surface area contributed by atoms with Crippen LogP contribution in [0.25, 0.3) is 0 Å². The zero-order valence-electron chi connectivity index (χ0n) is 9.73. The average Bonchev–Trinajstić information content (AvgIpc) is 2.72. The number of methoxy groups -OCH3 is 1. The molecule has 0 atom stereocenters. The highest BCUT2D eigenvalue weighted by Crippen LogP contribution is 2.24. The molecular weight excluding hydrogens is 236 g/mol. The third kappa shape index (κ3) is 3.13. The molecule has 5 nitrogen and oxygen atoms in total. The van der Waals surface area contributed by atoms with Gasteiger partial charge in [0.1, 0.15) is 11.6 Å². The topological polar surface area (TPSA) is 76.8 Å². The second-order valence-electron chi connectivity index (χ2n) is 3.61. The number of anilines is 1. The van der Waals surface area contributed by atoms with Crippen molar-refractivity contribution >= 4 is 17.4 Å². The number of hydrogen-bond acceptors (Lipinski definition) is 5. The Hall–Kier alpha value is -1.69. The van der Waals surface area contributed by atoms with Crippen molar-refractivity contribution in [2.24, 2.45) is 0 Å². The van der Waals surface area contributed by atoms with Crippen LogP contribution in [0.4, 0.5) is 5.69 Å². The molecule has 1 aromatic carbocycles. The third-order valence-corrected chi connectivity index (χ3v) is 3.09. The first-order valence-electron chi connectivity index (χ1n) is 5.12. The predicted octanol–water partition coefficient (Wildman–Crippen LogP) is 2.00. The van der Waals surface area contributed by atoms with Gasteiger partial charge in [0.2, 0.25) is 5.16 Å². The summed E-state index contributed by atoms with van der Waals surface area (Å²) < 4.78 is 5.17. The number of nitrogens with one attached hydrogen (secondary N) is 1. The molecule has 0 aliphatic heterocycles. The molecule has 0 aliphatic carbocycles. The fourth-order valence-electron chi connectivity index (χ4n) is 1.42. The number of ether oxygens (including phenoxy) is 1. The number of aryl methyl sites for hydroxylation is 1. The summed E-state index contributed by atoms with van der Waals surface area (Å²) in [5, 5.41) is 7.61. The summed E-state index contributed by atoms with van der Waals surface area (Å²) in [6.45, 7) is 1.88. The monoisotopic (exact) mass is 250 g/mol. The summed E-state index contributed by atoms with van der Waals surface area (Å²) >= 11 is 1.56. The van der Waals surface area contributed by atoms with E-state index in [0.29, 0.717) is 5.69 Å². The molecule has 0 amide bonds. The van der Waals surface area contributed by atoms with Gasteiger partial charge in [-0.15, -0.1) is 5.10 Å². The minimum Gasteiger partial charge on any atom is -0.497 e. The minimum atomic E-state index is 0.700. The van der Waals surface area contributed by atoms with Gasteiger partial charge < -0.3 is 10.5 Å². The van der Waals surface area contributed by atoms with E-state index in [1.54, 1.807) is 24.9 Å². The van der Waals surface area contributed by atoms with Crippen molar-refractivity contribution in [2.45, 2.75) is 17.8 Å². The van der Waals surface area contributed by atoms with Crippen LogP contribution < -0.4 is 10.5 Å². The molecule has 1 aromatic heterocycles. The Morgan fingerprint density at radius 3 is 2.88 bits per heavy atom. The first-order valence-corrected chi connectivity index (χ1v) is 6.11. The largest absolute Gasteiger partial charge is 0.497 e. The number of H-pyrrole nitrogens is 1. The van der Waals surface area contributed by atoms with Gasteiger partial charge in [-0.25, -0.2) is 4.98 Å². The van der Waals surface area contributed by atoms with Gasteiger partial charge in [0.15, 0.2) is 0 Å². The van der Waals surface area contributed by atoms with Gasteiger partial charge in [-0.3, -0.25) is 5.10 Å². The van der Waals surface area contributed by atoms with Gasteiger partial charge in [0.05, 0.1) is 7.11 Å². The SMILES string of the molecule is COc1cc(N)cc(CSc2n[nH]c(C)n2)c1. The van der Waals surface area contributed by atoms with Crippen molar-refractivity contribution in [2.75, 3.05) is 12.8 Å². The molecular formula is C11H14N4OS. The average molecular weight is 250 g/mol. The van der Waals surface area contributed by atoms with E-state index in [2.05, 4.69) is 15.2 Å². The van der Waals surface area contributed by atoms with Crippen molar-refractivity contribution in [3.63, 3.8) is 0 Å². The van der Waals surface area contributed by atoms with Crippen molar-refractivity contribution in [3.8, 4) is 5.75 Å². The standard InChI is InChI=1S/C11H14N4OS/c1-7-13-11(15-14-7)17-6-8-3-9(12)5-10(4-8)16-2/h3-5H,6,12H2,1-2H3,(H,13,14,15). The molecule has 0 aliphatic rings. The van der Waals surface area contributed by atoms with Gasteiger partial charge in [-0.05, 0) is 24.6 Å². The van der Waals surface area contributed by atoms with E-state index in [1.165, 1.54) is 0 Å². The van der Waals surface area contributed by atoms with E-state index in [-0.39, 0.29) is 0 Å². The smallest absolute Gasteiger partial charge is 0.208 e. The van der Waals surface area contributed by atoms with E-state index in [0.717, 1.165) is 28.0 Å². The number of benzene rings is 1. The lowest BCUT2D eigenvalue weighted by molar-refractivity contribution is 0.414. The van der Waals surface area contributed by atoms with Crippen LogP contribution in [-0.2, 0) is 5.75 Å². The summed E-state index contributed by atoms with van der Waals surface area (Å²) in [5.74, 6) is 2.35. The maximum atomic E-state index is 5.78. The lowest BCUT2D eigenvalue weighted by Crippen LogP contribution is -1.91. The lowest BCUT2D eigenvalue weighted by atomic mass is 10.2. The van der Waals surface area contributed by atoms with Crippen molar-refractivity contribution in [1.82, 2.24) is 15.2 Å². The van der Waals surface area contributed by atoms with Crippen LogP contribution in [0.15, 0.2) is 23.4 Å². The molecule has 2 rings (SSSR count). The fraction of sp³-hybridized carbons (Fsp3) is 0.273. The van der Waals surface area contributed by atoms with Crippen LogP contribution in [0.1, 0.15) is 11.4 Å². The fourth-order valence-corrected chi connectivity index (χ4v) is 2.20. The first kappa shape index (κ1) is 11.8. The van der Waals surface area contributed by atoms with Crippen LogP contribution in [0.2, 0.25) is 0 Å². The van der Waals surface area contributed by atoms with E-state index in [9.17, 15) is 0 Å². The molecule has 0 saturated carbocycles. The number of thioether (sulfide) groups is 1. The van der Waals surface area contributed by atoms with Gasteiger partial charge in [-0.1, -0.05) is 11.8 Å². The Kier molecular flexibility index (Phi) is 3.53. The third-order valence-electron chi connectivity index (χ3n) is 2.17. The van der Waals surface area contributed by atoms with E-state index in [4.69, 9.17) is 10.5 Å². The molecule has 0 unspecified atom stereocenters. The number of nitrogens with two attached hydrogens (primary N) is 1. The van der Waals surface area contributed by atoms with Crippen LogP contribution in [0.5, 0.6) is 5.75 Å². The highest BCUT2D eigenvalue weighted by atomic mass is 32.2. The molecule has 1 heterocycles. The number of nitrogens with zero attached hydrogens (tertiary/aromatic N) is 2. The van der Waals surface area contributed by atoms with Crippen LogP contribution in [0, 0.1) is 6.92 Å². The number of nitrogen functional groups attached to an aromatic ring is 1. The first-order chi connectivity index (χ1) is 8.17. The van der Waals surface area contributed by atoms with Gasteiger partial charge in [0.25, 0.3) is 0 Å². The number of rotatable bonds is 4. The molecule has 3 N–H and O–H groups in total. The van der Waals surface area contributed by atoms with E-state index in [1.807, 2.05) is 19.1 Å². The molecule has 0 bridgehead atoms. The normalized spacial score (nSPS) is 10.5. The molecule has 6 heteroatoms. The van der Waals surface area contributed by atoms with Crippen molar-refractivity contribution < 1.29 is 4.74 Å². The summed E-state index contributed by atoms with van der Waals surface area (Å²) in [7, 11) is 1.63. The van der Waals surface area contributed by atoms with E-state index >= 15 is 0 Å². The Morgan fingerprint density at radius 2 is 2.24 bits per heavy atom. The maximum absolute atomic E-state index is 5.78. The Bertz CT molecular complexity index is 512. The summed E-state index contributed by atoms with van der Waals surface area (Å²) in [5.41, 5.74) is 7.57. The molecule has 0 fully saturated rings. The Balaban J connectivity index is 2.05. The highest BCUT2D eigenvalue weighted by Gasteiger charge is 2.03. The van der Waals surface area contributed by atoms with Crippen LogP contribution in [-0.4, -0.2) is 22.3 Å². The molecule has 0 spiro atoms. The van der Waals surface area contributed by atoms with E-state index < -0.39 is 0 Å². The van der Waals surface area contributed by atoms with Gasteiger partial charge in [0, 0.05) is 17.5 Å². The molecule has 90 valence electrons. The molecule has 0 radical (unpaired) electrons.